The Morgan fingerprint density at radius 3 is 2.71 bits per heavy atom. The minimum absolute atomic E-state index is 0.0556. The first-order valence-corrected chi connectivity index (χ1v) is 6.76. The number of rotatable bonds is 0. The number of hydrogen-bond acceptors (Lipinski definition) is 6. The van der Waals surface area contributed by atoms with Crippen molar-refractivity contribution in [1.82, 2.24) is 9.55 Å². The van der Waals surface area contributed by atoms with E-state index in [0.29, 0.717) is 0 Å². The second kappa shape index (κ2) is 3.90. The van der Waals surface area contributed by atoms with Crippen LogP contribution in [0.3, 0.4) is 0 Å². The Hall–Kier alpha value is -1.77. The van der Waals surface area contributed by atoms with E-state index >= 15 is 0 Å². The molecule has 0 saturated carbocycles. The van der Waals surface area contributed by atoms with E-state index in [1.54, 1.807) is 13.8 Å². The molecule has 4 atom stereocenters. The predicted octanol–water partition coefficient (Wildman–Crippen LogP) is -0.459. The van der Waals surface area contributed by atoms with Crippen molar-refractivity contribution in [2.45, 2.75) is 50.6 Å². The van der Waals surface area contributed by atoms with Gasteiger partial charge in [0.1, 0.15) is 12.2 Å². The Kier molecular flexibility index (Phi) is 2.40. The molecule has 1 aromatic rings. The van der Waals surface area contributed by atoms with Crippen LogP contribution in [0.15, 0.2) is 15.7 Å². The number of ether oxygens (including phenoxy) is 3. The molecule has 1 N–H and O–H groups in total. The van der Waals surface area contributed by atoms with E-state index in [0.717, 1.165) is 6.07 Å². The number of nitrogens with one attached hydrogen (secondary N) is 1. The minimum Gasteiger partial charge on any atom is -0.348 e. The van der Waals surface area contributed by atoms with Crippen LogP contribution in [0.2, 0.25) is 0 Å². The maximum absolute atomic E-state index is 12.3. The van der Waals surface area contributed by atoms with Gasteiger partial charge in [-0.15, -0.1) is 0 Å². The lowest BCUT2D eigenvalue weighted by molar-refractivity contribution is -0.195. The molecule has 0 radical (unpaired) electrons. The summed E-state index contributed by atoms with van der Waals surface area (Å²) < 4.78 is 18.5. The number of hydrogen-bond donors (Lipinski definition) is 1. The van der Waals surface area contributed by atoms with Gasteiger partial charge in [0.2, 0.25) is 0 Å². The van der Waals surface area contributed by atoms with E-state index in [9.17, 15) is 14.4 Å². The standard InChI is InChI=1S/C13H14N2O6/c1-13(2)20-9-7-4-6(16)5-3-8(17)14-12(18)15(5)11(19-7)10(9)21-13/h3,7,9-11H,4H2,1-2H3,(H,14,17,18)/t7-,9-,10-,11-/m1/s1. The quantitative estimate of drug-likeness (QED) is 0.695. The number of fused-ring (bicyclic) bond motifs is 7. The lowest BCUT2D eigenvalue weighted by atomic mass is 10.0. The summed E-state index contributed by atoms with van der Waals surface area (Å²) in [6, 6.07) is 1.13. The second-order valence-electron chi connectivity index (χ2n) is 5.95. The summed E-state index contributed by atoms with van der Waals surface area (Å²) in [4.78, 5) is 38.0. The SMILES string of the molecule is CC1(C)O[C@@H]2[C@H](O1)[C@H]1CC(=O)c3cc(=O)[nH]c(=O)n3[C@@H]2O1. The fraction of sp³-hybridized carbons (Fsp3) is 0.615. The largest absolute Gasteiger partial charge is 0.348 e. The van der Waals surface area contributed by atoms with Crippen molar-refractivity contribution < 1.29 is 19.0 Å². The van der Waals surface area contributed by atoms with E-state index < -0.39 is 41.6 Å². The van der Waals surface area contributed by atoms with Gasteiger partial charge >= 0.3 is 5.69 Å². The third kappa shape index (κ3) is 1.76. The molecular weight excluding hydrogens is 280 g/mol. The molecule has 2 fully saturated rings. The van der Waals surface area contributed by atoms with Gasteiger partial charge in [-0.05, 0) is 13.8 Å². The van der Waals surface area contributed by atoms with Crippen molar-refractivity contribution in [3.05, 3.63) is 32.6 Å². The molecule has 4 heterocycles. The molecule has 3 aliphatic rings. The zero-order valence-corrected chi connectivity index (χ0v) is 11.5. The first-order valence-electron chi connectivity index (χ1n) is 6.76. The number of H-pyrrole nitrogens is 1. The topological polar surface area (TPSA) is 99.6 Å². The summed E-state index contributed by atoms with van der Waals surface area (Å²) in [6.07, 6.45) is -2.09. The van der Waals surface area contributed by atoms with Crippen LogP contribution in [0.1, 0.15) is 37.0 Å². The van der Waals surface area contributed by atoms with Crippen molar-refractivity contribution in [2.75, 3.05) is 0 Å². The normalized spacial score (nSPS) is 36.2. The lowest BCUT2D eigenvalue weighted by Gasteiger charge is -2.23. The van der Waals surface area contributed by atoms with Crippen LogP contribution in [0.5, 0.6) is 0 Å². The van der Waals surface area contributed by atoms with E-state index in [1.807, 2.05) is 0 Å². The van der Waals surface area contributed by atoms with E-state index in [1.165, 1.54) is 4.57 Å². The molecule has 0 aliphatic carbocycles. The zero-order chi connectivity index (χ0) is 14.9. The molecule has 8 nitrogen and oxygen atoms in total. The average molecular weight is 294 g/mol. The van der Waals surface area contributed by atoms with Crippen LogP contribution in [0.25, 0.3) is 0 Å². The number of carbonyl (C=O) groups is 1. The molecule has 21 heavy (non-hydrogen) atoms. The van der Waals surface area contributed by atoms with Crippen molar-refractivity contribution in [1.29, 1.82) is 0 Å². The van der Waals surface area contributed by atoms with Gasteiger partial charge in [-0.25, -0.2) is 4.79 Å². The molecule has 0 aromatic carbocycles. The summed E-state index contributed by atoms with van der Waals surface area (Å²) in [6.45, 7) is 3.55. The molecule has 1 aromatic heterocycles. The van der Waals surface area contributed by atoms with E-state index in [4.69, 9.17) is 14.2 Å². The van der Waals surface area contributed by atoms with Crippen molar-refractivity contribution >= 4 is 5.78 Å². The van der Waals surface area contributed by atoms with Gasteiger partial charge in [0, 0.05) is 12.5 Å². The van der Waals surface area contributed by atoms with Crippen molar-refractivity contribution in [3.63, 3.8) is 0 Å². The number of ketones is 1. The first kappa shape index (κ1) is 12.9. The van der Waals surface area contributed by atoms with E-state index in [-0.39, 0.29) is 17.9 Å². The molecular formula is C13H14N2O6. The third-order valence-corrected chi connectivity index (χ3v) is 4.03. The fourth-order valence-corrected chi connectivity index (χ4v) is 3.29. The molecule has 2 saturated heterocycles. The van der Waals surface area contributed by atoms with Gasteiger partial charge in [0.05, 0.1) is 11.8 Å². The lowest BCUT2D eigenvalue weighted by Crippen LogP contribution is -2.41. The molecule has 2 bridgehead atoms. The Morgan fingerprint density at radius 1 is 1.24 bits per heavy atom. The van der Waals surface area contributed by atoms with E-state index in [2.05, 4.69) is 4.98 Å². The maximum atomic E-state index is 12.3. The first-order chi connectivity index (χ1) is 9.85. The van der Waals surface area contributed by atoms with Gasteiger partial charge < -0.3 is 14.2 Å². The maximum Gasteiger partial charge on any atom is 0.331 e. The summed E-state index contributed by atoms with van der Waals surface area (Å²) in [5.74, 6) is -1.10. The highest BCUT2D eigenvalue weighted by molar-refractivity contribution is 5.95. The second-order valence-corrected chi connectivity index (χ2v) is 5.95. The van der Waals surface area contributed by atoms with Gasteiger partial charge in [0.25, 0.3) is 5.56 Å². The summed E-state index contributed by atoms with van der Waals surface area (Å²) in [7, 11) is 0. The summed E-state index contributed by atoms with van der Waals surface area (Å²) in [5.41, 5.74) is -1.22. The molecule has 4 rings (SSSR count). The van der Waals surface area contributed by atoms with Gasteiger partial charge in [0.15, 0.2) is 17.8 Å². The fourth-order valence-electron chi connectivity index (χ4n) is 3.29. The Morgan fingerprint density at radius 2 is 1.95 bits per heavy atom. The third-order valence-electron chi connectivity index (χ3n) is 4.03. The van der Waals surface area contributed by atoms with Crippen LogP contribution in [0.4, 0.5) is 0 Å². The van der Waals surface area contributed by atoms with Crippen LogP contribution >= 0.6 is 0 Å². The van der Waals surface area contributed by atoms with Crippen LogP contribution in [-0.2, 0) is 14.2 Å². The van der Waals surface area contributed by atoms with Gasteiger partial charge in [-0.3, -0.25) is 19.1 Å². The highest BCUT2D eigenvalue weighted by atomic mass is 16.8. The molecule has 0 spiro atoms. The Bertz CT molecular complexity index is 748. The number of carbonyl (C=O) groups excluding carboxylic acids is 1. The molecule has 0 amide bonds. The van der Waals surface area contributed by atoms with Crippen molar-refractivity contribution in [2.24, 2.45) is 0 Å². The molecule has 112 valence electrons. The van der Waals surface area contributed by atoms with Gasteiger partial charge in [-0.2, -0.15) is 0 Å². The number of nitrogens with zero attached hydrogens (tertiary/aromatic N) is 1. The smallest absolute Gasteiger partial charge is 0.331 e. The van der Waals surface area contributed by atoms with Crippen molar-refractivity contribution in [3.8, 4) is 0 Å². The molecule has 0 unspecified atom stereocenters. The highest BCUT2D eigenvalue weighted by Crippen LogP contribution is 2.45. The summed E-state index contributed by atoms with van der Waals surface area (Å²) >= 11 is 0. The predicted molar refractivity (Wildman–Crippen MR) is 68.0 cm³/mol. The number of Topliss-reactive ketones (excluding diaryl/α,β-unsaturated/α-hetero) is 1. The Balaban J connectivity index is 1.91. The number of aromatic amines is 1. The van der Waals surface area contributed by atoms with Crippen LogP contribution in [-0.4, -0.2) is 39.4 Å². The van der Waals surface area contributed by atoms with Gasteiger partial charge in [-0.1, -0.05) is 0 Å². The molecule has 3 aliphatic heterocycles. The summed E-state index contributed by atoms with van der Waals surface area (Å²) in [5, 5.41) is 0. The zero-order valence-electron chi connectivity index (χ0n) is 11.5. The number of aromatic nitrogens is 2. The van der Waals surface area contributed by atoms with Crippen LogP contribution < -0.4 is 11.2 Å². The minimum atomic E-state index is -0.797. The average Bonchev–Trinajstić information content (AvgIpc) is 2.77. The van der Waals surface area contributed by atoms with Crippen LogP contribution in [0, 0.1) is 0 Å². The Labute approximate surface area is 118 Å². The highest BCUT2D eigenvalue weighted by Gasteiger charge is 2.58. The molecule has 8 heteroatoms. The monoisotopic (exact) mass is 294 g/mol.